The largest absolute Gasteiger partial charge is 0.381 e. The molecule has 0 unspecified atom stereocenters. The molecule has 0 aliphatic carbocycles. The first-order valence-electron chi connectivity index (χ1n) is 2.78. The SMILES string of the molecule is ClSC1CCOCC1. The minimum Gasteiger partial charge on any atom is -0.381 e. The van der Waals surface area contributed by atoms with Crippen molar-refractivity contribution in [2.24, 2.45) is 0 Å². The Bertz CT molecular complexity index is 63.4. The molecule has 0 radical (unpaired) electrons. The van der Waals surface area contributed by atoms with Gasteiger partial charge in [0.25, 0.3) is 0 Å². The summed E-state index contributed by atoms with van der Waals surface area (Å²) in [5, 5.41) is 0.644. The highest BCUT2D eigenvalue weighted by molar-refractivity contribution is 8.21. The van der Waals surface area contributed by atoms with Crippen LogP contribution in [0.3, 0.4) is 0 Å². The van der Waals surface area contributed by atoms with Gasteiger partial charge in [-0.25, -0.2) is 0 Å². The number of ether oxygens (including phenoxy) is 1. The van der Waals surface area contributed by atoms with E-state index in [4.69, 9.17) is 15.4 Å². The second-order valence-corrected chi connectivity index (χ2v) is 3.28. The molecule has 0 aromatic carbocycles. The fourth-order valence-corrected chi connectivity index (χ4v) is 1.67. The zero-order valence-corrected chi connectivity index (χ0v) is 6.17. The maximum Gasteiger partial charge on any atom is 0.0477 e. The van der Waals surface area contributed by atoms with Crippen molar-refractivity contribution < 1.29 is 4.74 Å². The molecule has 0 bridgehead atoms. The van der Waals surface area contributed by atoms with Crippen LogP contribution in [-0.2, 0) is 4.74 Å². The van der Waals surface area contributed by atoms with E-state index in [-0.39, 0.29) is 0 Å². The van der Waals surface area contributed by atoms with Crippen LogP contribution in [0.15, 0.2) is 0 Å². The average Bonchev–Trinajstić information content (AvgIpc) is 1.90. The van der Waals surface area contributed by atoms with Crippen molar-refractivity contribution in [1.82, 2.24) is 0 Å². The Morgan fingerprint density at radius 2 is 2.00 bits per heavy atom. The lowest BCUT2D eigenvalue weighted by atomic mass is 10.2. The second kappa shape index (κ2) is 3.59. The van der Waals surface area contributed by atoms with Gasteiger partial charge < -0.3 is 4.74 Å². The summed E-state index contributed by atoms with van der Waals surface area (Å²) in [5.41, 5.74) is 0. The van der Waals surface area contributed by atoms with Crippen molar-refractivity contribution in [3.05, 3.63) is 0 Å². The molecular formula is C5H9ClOS. The normalized spacial score (nSPS) is 23.6. The summed E-state index contributed by atoms with van der Waals surface area (Å²) in [6.45, 7) is 1.79. The standard InChI is InChI=1S/C5H9ClOS/c6-8-5-1-3-7-4-2-5/h5H,1-4H2. The molecule has 48 valence electrons. The highest BCUT2D eigenvalue weighted by atomic mass is 35.7. The van der Waals surface area contributed by atoms with Crippen LogP contribution in [0.5, 0.6) is 0 Å². The minimum absolute atomic E-state index is 0.644. The molecule has 0 N–H and O–H groups in total. The Morgan fingerprint density at radius 1 is 1.38 bits per heavy atom. The third kappa shape index (κ3) is 1.84. The van der Waals surface area contributed by atoms with Gasteiger partial charge in [0.2, 0.25) is 0 Å². The van der Waals surface area contributed by atoms with Crippen molar-refractivity contribution in [2.75, 3.05) is 13.2 Å². The van der Waals surface area contributed by atoms with Crippen molar-refractivity contribution in [3.63, 3.8) is 0 Å². The fraction of sp³-hybridized carbons (Fsp3) is 1.00. The molecule has 1 aliphatic heterocycles. The fourth-order valence-electron chi connectivity index (χ4n) is 0.765. The highest BCUT2D eigenvalue weighted by Gasteiger charge is 2.12. The maximum atomic E-state index is 5.54. The van der Waals surface area contributed by atoms with Crippen molar-refractivity contribution >= 4 is 21.7 Å². The summed E-state index contributed by atoms with van der Waals surface area (Å²) < 4.78 is 5.13. The van der Waals surface area contributed by atoms with E-state index in [0.717, 1.165) is 26.1 Å². The van der Waals surface area contributed by atoms with Gasteiger partial charge in [0.15, 0.2) is 0 Å². The Morgan fingerprint density at radius 3 is 2.38 bits per heavy atom. The average molecular weight is 153 g/mol. The molecule has 1 heterocycles. The number of hydrogen-bond donors (Lipinski definition) is 0. The molecule has 8 heavy (non-hydrogen) atoms. The van der Waals surface area contributed by atoms with E-state index in [1.54, 1.807) is 0 Å². The lowest BCUT2D eigenvalue weighted by Gasteiger charge is -2.17. The molecule has 0 aromatic rings. The summed E-state index contributed by atoms with van der Waals surface area (Å²) in [7, 11) is 6.98. The number of rotatable bonds is 1. The summed E-state index contributed by atoms with van der Waals surface area (Å²) in [5.74, 6) is 0. The van der Waals surface area contributed by atoms with Gasteiger partial charge in [0.1, 0.15) is 0 Å². The quantitative estimate of drug-likeness (QED) is 0.569. The number of halogens is 1. The van der Waals surface area contributed by atoms with E-state index in [1.807, 2.05) is 0 Å². The van der Waals surface area contributed by atoms with E-state index in [0.29, 0.717) is 5.25 Å². The Labute approximate surface area is 58.2 Å². The molecule has 1 aliphatic rings. The molecule has 1 rings (SSSR count). The monoisotopic (exact) mass is 152 g/mol. The first kappa shape index (κ1) is 6.72. The maximum absolute atomic E-state index is 5.54. The van der Waals surface area contributed by atoms with E-state index in [9.17, 15) is 0 Å². The van der Waals surface area contributed by atoms with Gasteiger partial charge in [0.05, 0.1) is 0 Å². The van der Waals surface area contributed by atoms with E-state index in [1.165, 1.54) is 11.0 Å². The van der Waals surface area contributed by atoms with Crippen molar-refractivity contribution in [1.29, 1.82) is 0 Å². The van der Waals surface area contributed by atoms with Gasteiger partial charge in [-0.1, -0.05) is 11.0 Å². The Balaban J connectivity index is 2.13. The van der Waals surface area contributed by atoms with E-state index < -0.39 is 0 Å². The van der Waals surface area contributed by atoms with Crippen molar-refractivity contribution in [3.8, 4) is 0 Å². The molecule has 0 aromatic heterocycles. The van der Waals surface area contributed by atoms with Gasteiger partial charge in [-0.3, -0.25) is 0 Å². The predicted octanol–water partition coefficient (Wildman–Crippen LogP) is 2.05. The van der Waals surface area contributed by atoms with Crippen LogP contribution in [-0.4, -0.2) is 18.5 Å². The highest BCUT2D eigenvalue weighted by Crippen LogP contribution is 2.24. The van der Waals surface area contributed by atoms with Crippen molar-refractivity contribution in [2.45, 2.75) is 18.1 Å². The van der Waals surface area contributed by atoms with Crippen LogP contribution in [0.25, 0.3) is 0 Å². The van der Waals surface area contributed by atoms with Crippen LogP contribution in [0.1, 0.15) is 12.8 Å². The topological polar surface area (TPSA) is 9.23 Å². The first-order valence-corrected chi connectivity index (χ1v) is 4.49. The molecule has 1 saturated heterocycles. The molecular weight excluding hydrogens is 144 g/mol. The summed E-state index contributed by atoms with van der Waals surface area (Å²) in [6, 6.07) is 0. The summed E-state index contributed by atoms with van der Waals surface area (Å²) in [6.07, 6.45) is 2.24. The number of hydrogen-bond acceptors (Lipinski definition) is 2. The molecule has 0 spiro atoms. The third-order valence-corrected chi connectivity index (χ3v) is 2.77. The van der Waals surface area contributed by atoms with Crippen LogP contribution in [0, 0.1) is 0 Å². The van der Waals surface area contributed by atoms with Gasteiger partial charge in [-0.05, 0) is 23.5 Å². The molecule has 1 nitrogen and oxygen atoms in total. The van der Waals surface area contributed by atoms with Crippen LogP contribution in [0.4, 0.5) is 0 Å². The van der Waals surface area contributed by atoms with Gasteiger partial charge in [-0.2, -0.15) is 0 Å². The third-order valence-electron chi connectivity index (χ3n) is 1.29. The minimum atomic E-state index is 0.644. The van der Waals surface area contributed by atoms with Gasteiger partial charge in [-0.15, -0.1) is 0 Å². The van der Waals surface area contributed by atoms with Gasteiger partial charge in [0, 0.05) is 18.5 Å². The lowest BCUT2D eigenvalue weighted by molar-refractivity contribution is 0.100. The summed E-state index contributed by atoms with van der Waals surface area (Å²) in [4.78, 5) is 0. The second-order valence-electron chi connectivity index (χ2n) is 1.90. The lowest BCUT2D eigenvalue weighted by Crippen LogP contribution is -2.16. The molecule has 1 fully saturated rings. The van der Waals surface area contributed by atoms with Crippen LogP contribution in [0.2, 0.25) is 0 Å². The Kier molecular flexibility index (Phi) is 3.02. The van der Waals surface area contributed by atoms with E-state index in [2.05, 4.69) is 0 Å². The zero-order chi connectivity index (χ0) is 5.82. The molecule has 0 amide bonds. The zero-order valence-electron chi connectivity index (χ0n) is 4.60. The van der Waals surface area contributed by atoms with Crippen LogP contribution >= 0.6 is 21.7 Å². The first-order chi connectivity index (χ1) is 3.93. The smallest absolute Gasteiger partial charge is 0.0477 e. The van der Waals surface area contributed by atoms with Crippen LogP contribution < -0.4 is 0 Å². The summed E-state index contributed by atoms with van der Waals surface area (Å²) >= 11 is 0. The van der Waals surface area contributed by atoms with Gasteiger partial charge >= 0.3 is 0 Å². The molecule has 0 saturated carbocycles. The predicted molar refractivity (Wildman–Crippen MR) is 37.3 cm³/mol. The molecule has 3 heteroatoms. The van der Waals surface area contributed by atoms with E-state index >= 15 is 0 Å². The Hall–Kier alpha value is 0.600. The molecule has 0 atom stereocenters.